The van der Waals surface area contributed by atoms with Gasteiger partial charge in [0, 0.05) is 35.6 Å². The summed E-state index contributed by atoms with van der Waals surface area (Å²) in [6, 6.07) is 9.89. The van der Waals surface area contributed by atoms with Crippen LogP contribution in [0.4, 0.5) is 0 Å². The maximum atomic E-state index is 13.0. The van der Waals surface area contributed by atoms with Crippen LogP contribution in [0, 0.1) is 5.92 Å². The number of likely N-dealkylation sites (tertiary alicyclic amines) is 1. The van der Waals surface area contributed by atoms with Crippen molar-refractivity contribution in [2.45, 2.75) is 26.4 Å². The van der Waals surface area contributed by atoms with Crippen LogP contribution in [0.3, 0.4) is 0 Å². The summed E-state index contributed by atoms with van der Waals surface area (Å²) in [6.45, 7) is 4.25. The highest BCUT2D eigenvalue weighted by atomic mass is 32.1. The number of ether oxygens (including phenoxy) is 1. The Kier molecular flexibility index (Phi) is 4.68. The van der Waals surface area contributed by atoms with E-state index in [1.165, 1.54) is 11.3 Å². The number of rotatable bonds is 3. The van der Waals surface area contributed by atoms with Crippen molar-refractivity contribution >= 4 is 23.2 Å². The summed E-state index contributed by atoms with van der Waals surface area (Å²) in [5.41, 5.74) is 2.12. The molecule has 0 spiro atoms. The van der Waals surface area contributed by atoms with Crippen LogP contribution in [0.15, 0.2) is 30.3 Å². The molecule has 0 bridgehead atoms. The van der Waals surface area contributed by atoms with Crippen molar-refractivity contribution in [2.75, 3.05) is 19.6 Å². The topological polar surface area (TPSA) is 58.6 Å². The number of hydrogen-bond donors (Lipinski definition) is 1. The van der Waals surface area contributed by atoms with E-state index < -0.39 is 0 Å². The van der Waals surface area contributed by atoms with Crippen molar-refractivity contribution in [3.8, 4) is 16.2 Å². The molecule has 2 amide bonds. The lowest BCUT2D eigenvalue weighted by atomic mass is 9.97. The average molecular weight is 370 g/mol. The van der Waals surface area contributed by atoms with Crippen LogP contribution in [-0.4, -0.2) is 36.3 Å². The number of piperidine rings is 1. The van der Waals surface area contributed by atoms with Gasteiger partial charge >= 0.3 is 0 Å². The maximum Gasteiger partial charge on any atom is 0.263 e. The smallest absolute Gasteiger partial charge is 0.263 e. The molecule has 4 rings (SSSR count). The van der Waals surface area contributed by atoms with Gasteiger partial charge in [0.05, 0.1) is 10.8 Å². The molecule has 3 heterocycles. The van der Waals surface area contributed by atoms with Crippen molar-refractivity contribution in [1.82, 2.24) is 10.2 Å². The number of carbonyl (C=O) groups is 2. The molecule has 136 valence electrons. The van der Waals surface area contributed by atoms with E-state index in [0.29, 0.717) is 26.2 Å². The summed E-state index contributed by atoms with van der Waals surface area (Å²) in [7, 11) is 0. The monoisotopic (exact) mass is 370 g/mol. The second-order valence-electron chi connectivity index (χ2n) is 6.73. The van der Waals surface area contributed by atoms with Crippen LogP contribution in [0.1, 0.15) is 35.0 Å². The van der Waals surface area contributed by atoms with E-state index in [1.54, 1.807) is 0 Å². The largest absolute Gasteiger partial charge is 0.488 e. The molecule has 0 aliphatic carbocycles. The van der Waals surface area contributed by atoms with Crippen LogP contribution >= 0.6 is 11.3 Å². The molecule has 1 aromatic heterocycles. The third-order valence-corrected chi connectivity index (χ3v) is 6.16. The summed E-state index contributed by atoms with van der Waals surface area (Å²) >= 11 is 1.53. The predicted octanol–water partition coefficient (Wildman–Crippen LogP) is 3.30. The summed E-state index contributed by atoms with van der Waals surface area (Å²) in [5.74, 6) is 0.843. The number of fused-ring (bicyclic) bond motifs is 3. The molecule has 26 heavy (non-hydrogen) atoms. The van der Waals surface area contributed by atoms with Gasteiger partial charge in [-0.1, -0.05) is 12.1 Å². The number of amides is 2. The Labute approximate surface area is 157 Å². The minimum Gasteiger partial charge on any atom is -0.488 e. The van der Waals surface area contributed by atoms with E-state index in [0.717, 1.165) is 39.5 Å². The molecule has 0 radical (unpaired) electrons. The quantitative estimate of drug-likeness (QED) is 0.902. The van der Waals surface area contributed by atoms with E-state index in [9.17, 15) is 9.59 Å². The number of para-hydroxylation sites is 1. The molecule has 2 aliphatic heterocycles. The SMILES string of the molecule is CCNC(=O)C1CCCN(C(=O)c2cc3c(s2)-c2ccccc2OC3)C1. The van der Waals surface area contributed by atoms with E-state index in [4.69, 9.17) is 4.74 Å². The third-order valence-electron chi connectivity index (χ3n) is 4.97. The van der Waals surface area contributed by atoms with Gasteiger partial charge in [-0.25, -0.2) is 0 Å². The molecule has 1 atom stereocenters. The molecule has 5 nitrogen and oxygen atoms in total. The zero-order chi connectivity index (χ0) is 18.1. The normalized spacial score (nSPS) is 18.5. The van der Waals surface area contributed by atoms with Crippen LogP contribution in [0.25, 0.3) is 10.4 Å². The van der Waals surface area contributed by atoms with E-state index >= 15 is 0 Å². The third kappa shape index (κ3) is 3.09. The summed E-state index contributed by atoms with van der Waals surface area (Å²) in [5, 5.41) is 2.87. The highest BCUT2D eigenvalue weighted by molar-refractivity contribution is 7.17. The van der Waals surface area contributed by atoms with Crippen molar-refractivity contribution in [3.63, 3.8) is 0 Å². The highest BCUT2D eigenvalue weighted by Crippen LogP contribution is 2.42. The molecule has 1 aromatic carbocycles. The summed E-state index contributed by atoms with van der Waals surface area (Å²) in [4.78, 5) is 28.8. The maximum absolute atomic E-state index is 13.0. The number of nitrogens with zero attached hydrogens (tertiary/aromatic N) is 1. The molecule has 2 aromatic rings. The van der Waals surface area contributed by atoms with Crippen LogP contribution in [0.2, 0.25) is 0 Å². The van der Waals surface area contributed by atoms with Gasteiger partial charge in [0.15, 0.2) is 0 Å². The molecule has 1 saturated heterocycles. The lowest BCUT2D eigenvalue weighted by Gasteiger charge is -2.31. The Hall–Kier alpha value is -2.34. The fraction of sp³-hybridized carbons (Fsp3) is 0.400. The molecule has 1 fully saturated rings. The molecular weight excluding hydrogens is 348 g/mol. The standard InChI is InChI=1S/C20H22N2O3S/c1-2-21-19(23)13-6-5-9-22(11-13)20(24)17-10-14-12-25-16-8-4-3-7-15(16)18(14)26-17/h3-4,7-8,10,13H,2,5-6,9,11-12H2,1H3,(H,21,23). The second kappa shape index (κ2) is 7.11. The van der Waals surface area contributed by atoms with Crippen molar-refractivity contribution < 1.29 is 14.3 Å². The fourth-order valence-electron chi connectivity index (χ4n) is 3.65. The first kappa shape index (κ1) is 17.1. The summed E-state index contributed by atoms with van der Waals surface area (Å²) < 4.78 is 5.79. The van der Waals surface area contributed by atoms with Crippen LogP contribution in [-0.2, 0) is 11.4 Å². The Bertz CT molecular complexity index is 845. The number of nitrogens with one attached hydrogen (secondary N) is 1. The van der Waals surface area contributed by atoms with Gasteiger partial charge in [0.2, 0.25) is 5.91 Å². The van der Waals surface area contributed by atoms with E-state index in [-0.39, 0.29) is 17.7 Å². The van der Waals surface area contributed by atoms with Gasteiger partial charge in [-0.2, -0.15) is 0 Å². The molecule has 0 saturated carbocycles. The van der Waals surface area contributed by atoms with Crippen molar-refractivity contribution in [3.05, 3.63) is 40.8 Å². The van der Waals surface area contributed by atoms with Gasteiger partial charge in [-0.15, -0.1) is 11.3 Å². The van der Waals surface area contributed by atoms with Gasteiger partial charge in [-0.05, 0) is 38.0 Å². The number of hydrogen-bond acceptors (Lipinski definition) is 4. The van der Waals surface area contributed by atoms with Gasteiger partial charge in [0.1, 0.15) is 12.4 Å². The zero-order valence-corrected chi connectivity index (χ0v) is 15.6. The number of thiophene rings is 1. The first-order valence-corrected chi connectivity index (χ1v) is 9.91. The Morgan fingerprint density at radius 3 is 3.04 bits per heavy atom. The molecule has 1 N–H and O–H groups in total. The highest BCUT2D eigenvalue weighted by Gasteiger charge is 2.30. The predicted molar refractivity (Wildman–Crippen MR) is 101 cm³/mol. The minimum atomic E-state index is -0.105. The minimum absolute atomic E-state index is 0.0240. The van der Waals surface area contributed by atoms with E-state index in [2.05, 4.69) is 5.32 Å². The van der Waals surface area contributed by atoms with Crippen molar-refractivity contribution in [1.29, 1.82) is 0 Å². The fourth-order valence-corrected chi connectivity index (χ4v) is 4.82. The van der Waals surface area contributed by atoms with Crippen LogP contribution in [0.5, 0.6) is 5.75 Å². The van der Waals surface area contributed by atoms with Gasteiger partial charge in [-0.3, -0.25) is 9.59 Å². The average Bonchev–Trinajstić information content (AvgIpc) is 3.12. The molecule has 2 aliphatic rings. The molecule has 1 unspecified atom stereocenters. The first-order chi connectivity index (χ1) is 12.7. The van der Waals surface area contributed by atoms with Gasteiger partial charge in [0.25, 0.3) is 5.91 Å². The Morgan fingerprint density at radius 2 is 2.19 bits per heavy atom. The molecular formula is C20H22N2O3S. The second-order valence-corrected chi connectivity index (χ2v) is 7.79. The number of carbonyl (C=O) groups excluding carboxylic acids is 2. The number of benzene rings is 1. The van der Waals surface area contributed by atoms with E-state index in [1.807, 2.05) is 42.2 Å². The van der Waals surface area contributed by atoms with Crippen molar-refractivity contribution in [2.24, 2.45) is 5.92 Å². The lowest BCUT2D eigenvalue weighted by molar-refractivity contribution is -0.126. The first-order valence-electron chi connectivity index (χ1n) is 9.09. The Balaban J connectivity index is 1.55. The van der Waals surface area contributed by atoms with Crippen LogP contribution < -0.4 is 10.1 Å². The molecule has 6 heteroatoms. The lowest BCUT2D eigenvalue weighted by Crippen LogP contribution is -2.45. The Morgan fingerprint density at radius 1 is 1.35 bits per heavy atom. The van der Waals surface area contributed by atoms with Gasteiger partial charge < -0.3 is 15.0 Å². The zero-order valence-electron chi connectivity index (χ0n) is 14.8. The summed E-state index contributed by atoms with van der Waals surface area (Å²) in [6.07, 6.45) is 1.71.